The Morgan fingerprint density at radius 1 is 0.388 bits per heavy atom. The van der Waals surface area contributed by atoms with Gasteiger partial charge in [0.15, 0.2) is 5.43 Å². The van der Waals surface area contributed by atoms with Gasteiger partial charge in [-0.25, -0.2) is 0 Å². The highest BCUT2D eigenvalue weighted by Gasteiger charge is 2.20. The number of aromatic nitrogens is 2. The molecule has 49 heavy (non-hydrogen) atoms. The second-order valence-corrected chi connectivity index (χ2v) is 15.5. The summed E-state index contributed by atoms with van der Waals surface area (Å²) in [5.41, 5.74) is 17.2. The van der Waals surface area contributed by atoms with Crippen molar-refractivity contribution in [2.45, 2.75) is 55.4 Å². The average molecular weight is 655 g/mol. The first kappa shape index (κ1) is 29.9. The monoisotopic (exact) mass is 654 g/mol. The largest absolute Gasteiger partial charge is 0.309 e. The third kappa shape index (κ3) is 4.30. The molecule has 0 bridgehead atoms. The van der Waals surface area contributed by atoms with Crippen LogP contribution in [0.3, 0.4) is 0 Å². The van der Waals surface area contributed by atoms with Gasteiger partial charge in [0.1, 0.15) is 0 Å². The standard InChI is InChI=1S/C45H38N2OS/c1-23-13-27(5)41-35(17-23)36-18-24(2)14-28(6)42(36)46(41)31-9-11-33-39(21-31)49-40-22-32(10-12-34(40)45(33)48)47-43-29(7)15-25(3)19-37(43)38-20-26(4)16-30(8)44(38)47/h9-22H,1-8H3. The molecule has 0 radical (unpaired) electrons. The highest BCUT2D eigenvalue weighted by molar-refractivity contribution is 7.24. The summed E-state index contributed by atoms with van der Waals surface area (Å²) in [6, 6.07) is 31.1. The maximum atomic E-state index is 14.1. The normalized spacial score (nSPS) is 12.2. The van der Waals surface area contributed by atoms with E-state index < -0.39 is 0 Å². The van der Waals surface area contributed by atoms with Crippen molar-refractivity contribution in [3.8, 4) is 11.4 Å². The molecule has 9 aromatic rings. The summed E-state index contributed by atoms with van der Waals surface area (Å²) >= 11 is 1.71. The molecule has 0 amide bonds. The van der Waals surface area contributed by atoms with Crippen LogP contribution in [0.1, 0.15) is 44.5 Å². The fourth-order valence-corrected chi connectivity index (χ4v) is 9.83. The minimum absolute atomic E-state index is 0.0866. The van der Waals surface area contributed by atoms with Crippen LogP contribution in [0.15, 0.2) is 89.7 Å². The van der Waals surface area contributed by atoms with E-state index in [4.69, 9.17) is 0 Å². The van der Waals surface area contributed by atoms with Gasteiger partial charge in [-0.05, 0) is 138 Å². The summed E-state index contributed by atoms with van der Waals surface area (Å²) < 4.78 is 6.83. The Kier molecular flexibility index (Phi) is 6.35. The van der Waals surface area contributed by atoms with E-state index in [9.17, 15) is 4.79 Å². The number of aryl methyl sites for hydroxylation is 8. The number of fused-ring (bicyclic) bond motifs is 8. The topological polar surface area (TPSA) is 26.9 Å². The van der Waals surface area contributed by atoms with Gasteiger partial charge in [-0.15, -0.1) is 11.3 Å². The van der Waals surface area contributed by atoms with Gasteiger partial charge in [0.25, 0.3) is 0 Å². The summed E-state index contributed by atoms with van der Waals surface area (Å²) in [6.45, 7) is 17.5. The van der Waals surface area contributed by atoms with Crippen LogP contribution in [0.2, 0.25) is 0 Å². The van der Waals surface area contributed by atoms with Crippen LogP contribution in [0.4, 0.5) is 0 Å². The average Bonchev–Trinajstić information content (AvgIpc) is 3.54. The van der Waals surface area contributed by atoms with Gasteiger partial charge in [-0.2, -0.15) is 0 Å². The summed E-state index contributed by atoms with van der Waals surface area (Å²) in [7, 11) is 0. The number of nitrogens with zero attached hydrogens (tertiary/aromatic N) is 2. The lowest BCUT2D eigenvalue weighted by molar-refractivity contribution is 1.16. The van der Waals surface area contributed by atoms with Crippen molar-refractivity contribution >= 4 is 75.1 Å². The Hall–Kier alpha value is -5.19. The number of rotatable bonds is 2. The van der Waals surface area contributed by atoms with E-state index in [1.54, 1.807) is 11.3 Å². The van der Waals surface area contributed by atoms with Crippen LogP contribution in [0, 0.1) is 55.4 Å². The van der Waals surface area contributed by atoms with Crippen molar-refractivity contribution in [1.29, 1.82) is 0 Å². The van der Waals surface area contributed by atoms with E-state index in [1.165, 1.54) is 88.1 Å². The Morgan fingerprint density at radius 3 is 1.00 bits per heavy atom. The minimum Gasteiger partial charge on any atom is -0.309 e. The molecule has 0 aliphatic rings. The van der Waals surface area contributed by atoms with Gasteiger partial charge < -0.3 is 9.13 Å². The lowest BCUT2D eigenvalue weighted by atomic mass is 10.0. The van der Waals surface area contributed by atoms with Crippen molar-refractivity contribution < 1.29 is 0 Å². The summed E-state index contributed by atoms with van der Waals surface area (Å²) in [4.78, 5) is 14.1. The van der Waals surface area contributed by atoms with Crippen molar-refractivity contribution in [1.82, 2.24) is 9.13 Å². The Labute approximate surface area is 289 Å². The smallest absolute Gasteiger partial charge is 0.195 e. The molecular weight excluding hydrogens is 617 g/mol. The summed E-state index contributed by atoms with van der Waals surface area (Å²) in [6.07, 6.45) is 0. The molecule has 3 heterocycles. The van der Waals surface area contributed by atoms with Crippen LogP contribution in [-0.2, 0) is 0 Å². The molecule has 6 aromatic carbocycles. The highest BCUT2D eigenvalue weighted by Crippen LogP contribution is 2.40. The van der Waals surface area contributed by atoms with Gasteiger partial charge >= 0.3 is 0 Å². The third-order valence-corrected chi connectivity index (χ3v) is 11.5. The number of hydrogen-bond acceptors (Lipinski definition) is 2. The van der Waals surface area contributed by atoms with E-state index in [0.717, 1.165) is 31.5 Å². The van der Waals surface area contributed by atoms with E-state index in [2.05, 4.69) is 137 Å². The molecule has 0 saturated heterocycles. The van der Waals surface area contributed by atoms with Gasteiger partial charge in [-0.3, -0.25) is 4.79 Å². The Bertz CT molecular complexity index is 2660. The second-order valence-electron chi connectivity index (χ2n) is 14.4. The SMILES string of the molecule is Cc1cc(C)c2c(c1)c1cc(C)cc(C)c1n2-c1ccc2c(=O)c3ccc(-n4c5c(C)cc(C)cc5c5cc(C)cc(C)c54)cc3sc2c1. The van der Waals surface area contributed by atoms with Gasteiger partial charge in [0.05, 0.1) is 22.1 Å². The molecule has 240 valence electrons. The lowest BCUT2D eigenvalue weighted by Crippen LogP contribution is -2.04. The molecule has 3 nitrogen and oxygen atoms in total. The van der Waals surface area contributed by atoms with E-state index in [0.29, 0.717) is 0 Å². The number of benzene rings is 6. The van der Waals surface area contributed by atoms with Crippen molar-refractivity contribution in [2.75, 3.05) is 0 Å². The zero-order valence-corrected chi connectivity index (χ0v) is 30.1. The lowest BCUT2D eigenvalue weighted by Gasteiger charge is -2.14. The molecule has 3 aromatic heterocycles. The zero-order chi connectivity index (χ0) is 34.0. The second kappa shape index (κ2) is 10.4. The van der Waals surface area contributed by atoms with Crippen LogP contribution in [0.5, 0.6) is 0 Å². The van der Waals surface area contributed by atoms with Gasteiger partial charge in [0.2, 0.25) is 0 Å². The number of hydrogen-bond donors (Lipinski definition) is 0. The quantitative estimate of drug-likeness (QED) is 0.170. The molecule has 4 heteroatoms. The molecule has 0 unspecified atom stereocenters. The maximum absolute atomic E-state index is 14.1. The predicted octanol–water partition coefficient (Wildman–Crippen LogP) is 12.1. The molecule has 0 atom stereocenters. The first-order chi connectivity index (χ1) is 23.5. The Morgan fingerprint density at radius 2 is 0.694 bits per heavy atom. The van der Waals surface area contributed by atoms with E-state index in [1.807, 2.05) is 12.1 Å². The van der Waals surface area contributed by atoms with Crippen LogP contribution < -0.4 is 5.43 Å². The molecule has 0 saturated carbocycles. The molecule has 0 spiro atoms. The molecule has 0 N–H and O–H groups in total. The molecule has 0 aliphatic heterocycles. The van der Waals surface area contributed by atoms with Crippen molar-refractivity contribution in [2.24, 2.45) is 0 Å². The van der Waals surface area contributed by atoms with Crippen LogP contribution >= 0.6 is 11.3 Å². The zero-order valence-electron chi connectivity index (χ0n) is 29.3. The predicted molar refractivity (Wildman–Crippen MR) is 212 cm³/mol. The molecular formula is C45H38N2OS. The van der Waals surface area contributed by atoms with Crippen LogP contribution in [-0.4, -0.2) is 9.13 Å². The van der Waals surface area contributed by atoms with Gasteiger partial charge in [-0.1, -0.05) is 46.5 Å². The van der Waals surface area contributed by atoms with Crippen LogP contribution in [0.25, 0.3) is 75.2 Å². The van der Waals surface area contributed by atoms with Crippen molar-refractivity contribution in [3.63, 3.8) is 0 Å². The maximum Gasteiger partial charge on any atom is 0.195 e. The van der Waals surface area contributed by atoms with Gasteiger partial charge in [0, 0.05) is 53.1 Å². The summed E-state index contributed by atoms with van der Waals surface area (Å²) in [5.74, 6) is 0. The summed E-state index contributed by atoms with van der Waals surface area (Å²) in [5, 5.41) is 6.64. The molecule has 0 aliphatic carbocycles. The van der Waals surface area contributed by atoms with E-state index >= 15 is 0 Å². The fraction of sp³-hybridized carbons (Fsp3) is 0.178. The molecule has 9 rings (SSSR count). The molecule has 0 fully saturated rings. The first-order valence-corrected chi connectivity index (χ1v) is 17.9. The fourth-order valence-electron chi connectivity index (χ4n) is 8.70. The van der Waals surface area contributed by atoms with E-state index in [-0.39, 0.29) is 5.43 Å². The minimum atomic E-state index is 0.0866. The first-order valence-electron chi connectivity index (χ1n) is 17.0. The van der Waals surface area contributed by atoms with Crippen molar-refractivity contribution in [3.05, 3.63) is 140 Å². The third-order valence-electron chi connectivity index (χ3n) is 10.4. The Balaban J connectivity index is 1.33. The highest BCUT2D eigenvalue weighted by atomic mass is 32.1.